The highest BCUT2D eigenvalue weighted by atomic mass is 32.2. The standard InChI is InChI=1S/C16H14N5O3S/c22-14(17-12-8-6-11(7-9-12)15(23)24)10-25(16-18-20-21-19-16)13-4-2-1-3-5-13/h1-9H,10H2,(H,17,22)(H,23,24)(H,18,19,20,21)/p-1. The van der Waals surface area contributed by atoms with Gasteiger partial charge in [0.25, 0.3) is 0 Å². The third-order valence-corrected chi connectivity index (χ3v) is 5.26. The number of aromatic amines is 1. The van der Waals surface area contributed by atoms with E-state index in [1.165, 1.54) is 24.3 Å². The highest BCUT2D eigenvalue weighted by Gasteiger charge is 2.20. The van der Waals surface area contributed by atoms with Crippen molar-refractivity contribution >= 4 is 28.5 Å². The molecule has 9 heteroatoms. The molecule has 2 aromatic carbocycles. The highest BCUT2D eigenvalue weighted by Crippen LogP contribution is 2.41. The minimum absolute atomic E-state index is 0.0498. The number of benzene rings is 2. The first-order valence-corrected chi connectivity index (χ1v) is 8.63. The van der Waals surface area contributed by atoms with E-state index in [0.717, 1.165) is 4.90 Å². The molecule has 127 valence electrons. The number of hydrogen-bond acceptors (Lipinski definition) is 6. The molecule has 0 fully saturated rings. The molecule has 0 aliphatic carbocycles. The number of carboxylic acids is 1. The van der Waals surface area contributed by atoms with Crippen LogP contribution in [0.4, 0.5) is 5.69 Å². The highest BCUT2D eigenvalue weighted by molar-refractivity contribution is 8.17. The van der Waals surface area contributed by atoms with Crippen LogP contribution in [0.1, 0.15) is 10.4 Å². The molecule has 1 aromatic heterocycles. The Morgan fingerprint density at radius 1 is 1.08 bits per heavy atom. The van der Waals surface area contributed by atoms with Gasteiger partial charge in [0.2, 0.25) is 11.1 Å². The number of aromatic carboxylic acids is 1. The fourth-order valence-corrected chi connectivity index (χ4v) is 3.73. The number of tetrazole rings is 1. The summed E-state index contributed by atoms with van der Waals surface area (Å²) in [6.45, 7) is 0. The van der Waals surface area contributed by atoms with Crippen molar-refractivity contribution in [1.29, 1.82) is 0 Å². The van der Waals surface area contributed by atoms with E-state index >= 15 is 0 Å². The van der Waals surface area contributed by atoms with Crippen LogP contribution in [-0.4, -0.2) is 38.3 Å². The van der Waals surface area contributed by atoms with Crippen LogP contribution in [-0.2, 0) is 4.79 Å². The van der Waals surface area contributed by atoms with Crippen molar-refractivity contribution < 1.29 is 14.7 Å². The second-order valence-electron chi connectivity index (χ2n) is 4.96. The van der Waals surface area contributed by atoms with E-state index < -0.39 is 16.9 Å². The van der Waals surface area contributed by atoms with Crippen molar-refractivity contribution in [3.8, 4) is 0 Å². The normalized spacial score (nSPS) is 10.6. The van der Waals surface area contributed by atoms with E-state index in [2.05, 4.69) is 25.9 Å². The van der Waals surface area contributed by atoms with Crippen LogP contribution >= 0.6 is 10.9 Å². The van der Waals surface area contributed by atoms with Gasteiger partial charge in [-0.2, -0.15) is 5.21 Å². The predicted molar refractivity (Wildman–Crippen MR) is 89.0 cm³/mol. The Morgan fingerprint density at radius 2 is 1.80 bits per heavy atom. The van der Waals surface area contributed by atoms with Crippen LogP contribution in [0.3, 0.4) is 0 Å². The van der Waals surface area contributed by atoms with Crippen molar-refractivity contribution in [2.75, 3.05) is 11.1 Å². The SMILES string of the molecule is O=C(C[S](c1ccccc1)c1nn[nH]n1)Nc1ccc(C(=O)[O-])cc1. The fourth-order valence-electron chi connectivity index (χ4n) is 2.11. The van der Waals surface area contributed by atoms with E-state index in [1.807, 2.05) is 30.3 Å². The smallest absolute Gasteiger partial charge is 0.234 e. The Labute approximate surface area is 145 Å². The zero-order valence-corrected chi connectivity index (χ0v) is 13.7. The lowest BCUT2D eigenvalue weighted by molar-refractivity contribution is -0.255. The van der Waals surface area contributed by atoms with Crippen LogP contribution < -0.4 is 10.4 Å². The average Bonchev–Trinajstić information content (AvgIpc) is 3.15. The second-order valence-corrected chi connectivity index (χ2v) is 6.86. The Morgan fingerprint density at radius 3 is 2.40 bits per heavy atom. The molecular weight excluding hydrogens is 342 g/mol. The predicted octanol–water partition coefficient (Wildman–Crippen LogP) is 0.889. The topological polar surface area (TPSA) is 124 Å². The summed E-state index contributed by atoms with van der Waals surface area (Å²) >= 11 is 0. The molecule has 0 aliphatic rings. The number of amides is 1. The van der Waals surface area contributed by atoms with Crippen molar-refractivity contribution in [2.45, 2.75) is 10.1 Å². The summed E-state index contributed by atoms with van der Waals surface area (Å²) in [6, 6.07) is 15.2. The third-order valence-electron chi connectivity index (χ3n) is 3.25. The van der Waals surface area contributed by atoms with Crippen molar-refractivity contribution in [3.63, 3.8) is 0 Å². The van der Waals surface area contributed by atoms with E-state index in [1.54, 1.807) is 0 Å². The molecular formula is C16H13N5O3S-. The molecule has 0 aliphatic heterocycles. The second kappa shape index (κ2) is 7.58. The van der Waals surface area contributed by atoms with Gasteiger partial charge in [-0.1, -0.05) is 41.2 Å². The number of carbonyl (C=O) groups is 2. The maximum atomic E-state index is 12.4. The molecule has 1 heterocycles. The molecule has 0 saturated carbocycles. The van der Waals surface area contributed by atoms with Crippen LogP contribution in [0.2, 0.25) is 0 Å². The van der Waals surface area contributed by atoms with Crippen LogP contribution in [0, 0.1) is 0 Å². The first kappa shape index (κ1) is 16.7. The summed E-state index contributed by atoms with van der Waals surface area (Å²) in [4.78, 5) is 24.1. The van der Waals surface area contributed by atoms with E-state index in [4.69, 9.17) is 0 Å². The minimum atomic E-state index is -1.26. The number of aromatic nitrogens is 4. The van der Waals surface area contributed by atoms with Crippen LogP contribution in [0.15, 0.2) is 64.6 Å². The summed E-state index contributed by atoms with van der Waals surface area (Å²) in [7, 11) is -0.668. The van der Waals surface area contributed by atoms with Gasteiger partial charge in [-0.3, -0.25) is 4.79 Å². The lowest BCUT2D eigenvalue weighted by Gasteiger charge is -2.16. The Kier molecular flexibility index (Phi) is 5.05. The number of carboxylic acid groups (broad SMARTS) is 1. The van der Waals surface area contributed by atoms with Gasteiger partial charge in [0.1, 0.15) is 0 Å². The number of H-pyrrole nitrogens is 1. The molecule has 2 N–H and O–H groups in total. The van der Waals surface area contributed by atoms with Crippen molar-refractivity contribution in [1.82, 2.24) is 20.6 Å². The summed E-state index contributed by atoms with van der Waals surface area (Å²) in [6.07, 6.45) is 0. The number of rotatable bonds is 6. The first-order chi connectivity index (χ1) is 12.1. The summed E-state index contributed by atoms with van der Waals surface area (Å²) in [5, 5.41) is 27.9. The number of nitrogens with one attached hydrogen (secondary N) is 2. The molecule has 1 amide bonds. The van der Waals surface area contributed by atoms with E-state index in [-0.39, 0.29) is 17.2 Å². The van der Waals surface area contributed by atoms with Crippen LogP contribution in [0.5, 0.6) is 0 Å². The number of nitrogens with zero attached hydrogens (tertiary/aromatic N) is 3. The first-order valence-electron chi connectivity index (χ1n) is 7.24. The summed E-state index contributed by atoms with van der Waals surface area (Å²) < 4.78 is 0. The Hall–Kier alpha value is -3.20. The molecule has 3 aromatic rings. The van der Waals surface area contributed by atoms with Crippen molar-refractivity contribution in [2.24, 2.45) is 0 Å². The van der Waals surface area contributed by atoms with E-state index in [0.29, 0.717) is 10.8 Å². The van der Waals surface area contributed by atoms with Gasteiger partial charge in [-0.15, -0.1) is 10.2 Å². The molecule has 0 bridgehead atoms. The molecule has 0 spiro atoms. The maximum Gasteiger partial charge on any atom is 0.234 e. The van der Waals surface area contributed by atoms with Gasteiger partial charge in [0, 0.05) is 10.6 Å². The lowest BCUT2D eigenvalue weighted by Crippen LogP contribution is -2.22. The quantitative estimate of drug-likeness (QED) is 0.677. The largest absolute Gasteiger partial charge is 0.545 e. The van der Waals surface area contributed by atoms with Gasteiger partial charge in [-0.05, 0) is 35.0 Å². The van der Waals surface area contributed by atoms with Gasteiger partial charge in [0.05, 0.1) is 11.7 Å². The molecule has 0 atom stereocenters. The number of carbonyl (C=O) groups excluding carboxylic acids is 2. The lowest BCUT2D eigenvalue weighted by atomic mass is 10.2. The zero-order chi connectivity index (χ0) is 17.6. The number of anilines is 1. The molecule has 25 heavy (non-hydrogen) atoms. The number of hydrogen-bond donors (Lipinski definition) is 2. The third kappa shape index (κ3) is 4.21. The van der Waals surface area contributed by atoms with Gasteiger partial charge >= 0.3 is 0 Å². The molecule has 0 unspecified atom stereocenters. The zero-order valence-electron chi connectivity index (χ0n) is 12.9. The molecule has 8 nitrogen and oxygen atoms in total. The molecule has 3 rings (SSSR count). The van der Waals surface area contributed by atoms with E-state index in [9.17, 15) is 14.7 Å². The minimum Gasteiger partial charge on any atom is -0.545 e. The van der Waals surface area contributed by atoms with Crippen LogP contribution in [0.25, 0.3) is 0 Å². The summed E-state index contributed by atoms with van der Waals surface area (Å²) in [5.41, 5.74) is 0.550. The Balaban J connectivity index is 1.73. The van der Waals surface area contributed by atoms with Gasteiger partial charge in [-0.25, -0.2) is 0 Å². The summed E-state index contributed by atoms with van der Waals surface area (Å²) in [5.74, 6) is -1.36. The molecule has 1 radical (unpaired) electrons. The monoisotopic (exact) mass is 355 g/mol. The van der Waals surface area contributed by atoms with Gasteiger partial charge in [0.15, 0.2) is 0 Å². The average molecular weight is 355 g/mol. The Bertz CT molecular complexity index is 853. The van der Waals surface area contributed by atoms with Gasteiger partial charge < -0.3 is 15.2 Å². The molecule has 0 saturated heterocycles. The van der Waals surface area contributed by atoms with Crippen molar-refractivity contribution in [3.05, 3.63) is 60.2 Å². The maximum absolute atomic E-state index is 12.4. The fraction of sp³-hybridized carbons (Fsp3) is 0.0625.